The molecule has 0 aromatic heterocycles. The van der Waals surface area contributed by atoms with Gasteiger partial charge in [-0.15, -0.1) is 0 Å². The minimum Gasteiger partial charge on any atom is -0.496 e. The topological polar surface area (TPSA) is 64.6 Å². The smallest absolute Gasteiger partial charge is 0.240 e. The fourth-order valence-electron chi connectivity index (χ4n) is 2.02. The van der Waals surface area contributed by atoms with E-state index in [2.05, 4.69) is 20.7 Å². The van der Waals surface area contributed by atoms with E-state index in [1.54, 1.807) is 6.07 Å². The standard InChI is InChI=1S/C16H18BrNO4S/c1-3-22-15-7-5-4-6-12(15)11-18-23(19,20)13-8-9-16(21-2)14(17)10-13/h4-10,18H,3,11H2,1-2H3. The summed E-state index contributed by atoms with van der Waals surface area (Å²) >= 11 is 3.29. The van der Waals surface area contributed by atoms with Crippen molar-refractivity contribution in [1.29, 1.82) is 0 Å². The zero-order valence-electron chi connectivity index (χ0n) is 12.9. The first-order valence-electron chi connectivity index (χ1n) is 7.02. The van der Waals surface area contributed by atoms with Gasteiger partial charge in [-0.25, -0.2) is 13.1 Å². The van der Waals surface area contributed by atoms with Crippen LogP contribution in [0.4, 0.5) is 0 Å². The molecular weight excluding hydrogens is 382 g/mol. The predicted molar refractivity (Wildman–Crippen MR) is 92.3 cm³/mol. The molecule has 7 heteroatoms. The summed E-state index contributed by atoms with van der Waals surface area (Å²) in [7, 11) is -2.10. The summed E-state index contributed by atoms with van der Waals surface area (Å²) in [5, 5.41) is 0. The van der Waals surface area contributed by atoms with Crippen LogP contribution in [0, 0.1) is 0 Å². The van der Waals surface area contributed by atoms with Crippen LogP contribution in [0.5, 0.6) is 11.5 Å². The van der Waals surface area contributed by atoms with Crippen LogP contribution in [-0.2, 0) is 16.6 Å². The second kappa shape index (κ2) is 7.81. The van der Waals surface area contributed by atoms with E-state index in [0.717, 1.165) is 5.56 Å². The molecule has 0 heterocycles. The number of ether oxygens (including phenoxy) is 2. The Balaban J connectivity index is 2.18. The Kier molecular flexibility index (Phi) is 6.04. The third-order valence-corrected chi connectivity index (χ3v) is 5.18. The van der Waals surface area contributed by atoms with Gasteiger partial charge in [0.1, 0.15) is 11.5 Å². The number of hydrogen-bond donors (Lipinski definition) is 1. The first-order valence-corrected chi connectivity index (χ1v) is 9.29. The van der Waals surface area contributed by atoms with Gasteiger partial charge in [0.25, 0.3) is 0 Å². The van der Waals surface area contributed by atoms with E-state index in [0.29, 0.717) is 22.6 Å². The Hall–Kier alpha value is -1.57. The molecule has 23 heavy (non-hydrogen) atoms. The van der Waals surface area contributed by atoms with Crippen molar-refractivity contribution in [3.8, 4) is 11.5 Å². The highest BCUT2D eigenvalue weighted by Gasteiger charge is 2.16. The molecule has 0 aliphatic rings. The highest BCUT2D eigenvalue weighted by molar-refractivity contribution is 9.10. The van der Waals surface area contributed by atoms with Gasteiger partial charge in [0, 0.05) is 12.1 Å². The molecule has 0 saturated heterocycles. The van der Waals surface area contributed by atoms with Gasteiger partial charge in [-0.1, -0.05) is 18.2 Å². The van der Waals surface area contributed by atoms with Gasteiger partial charge >= 0.3 is 0 Å². The van der Waals surface area contributed by atoms with Gasteiger partial charge in [0.15, 0.2) is 0 Å². The SMILES string of the molecule is CCOc1ccccc1CNS(=O)(=O)c1ccc(OC)c(Br)c1. The van der Waals surface area contributed by atoms with Gasteiger partial charge in [-0.05, 0) is 47.1 Å². The van der Waals surface area contributed by atoms with Crippen LogP contribution >= 0.6 is 15.9 Å². The average molecular weight is 400 g/mol. The monoisotopic (exact) mass is 399 g/mol. The Morgan fingerprint density at radius 1 is 1.13 bits per heavy atom. The van der Waals surface area contributed by atoms with E-state index in [-0.39, 0.29) is 11.4 Å². The normalized spacial score (nSPS) is 11.3. The molecule has 0 aliphatic heterocycles. The van der Waals surface area contributed by atoms with E-state index < -0.39 is 10.0 Å². The van der Waals surface area contributed by atoms with Crippen molar-refractivity contribution in [2.45, 2.75) is 18.4 Å². The van der Waals surface area contributed by atoms with Crippen LogP contribution in [0.1, 0.15) is 12.5 Å². The fourth-order valence-corrected chi connectivity index (χ4v) is 3.74. The Labute approximate surface area is 144 Å². The molecule has 1 N–H and O–H groups in total. The summed E-state index contributed by atoms with van der Waals surface area (Å²) in [5.41, 5.74) is 0.783. The maximum absolute atomic E-state index is 12.4. The minimum absolute atomic E-state index is 0.155. The summed E-state index contributed by atoms with van der Waals surface area (Å²) in [6, 6.07) is 12.0. The van der Waals surface area contributed by atoms with Crippen molar-refractivity contribution in [1.82, 2.24) is 4.72 Å². The number of sulfonamides is 1. The molecule has 124 valence electrons. The molecule has 0 aliphatic carbocycles. The molecule has 5 nitrogen and oxygen atoms in total. The third kappa shape index (κ3) is 4.46. The molecule has 2 aromatic carbocycles. The summed E-state index contributed by atoms with van der Waals surface area (Å²) in [5.74, 6) is 1.25. The molecule has 0 unspecified atom stereocenters. The van der Waals surface area contributed by atoms with Gasteiger partial charge in [-0.2, -0.15) is 0 Å². The van der Waals surface area contributed by atoms with Crippen LogP contribution in [-0.4, -0.2) is 22.1 Å². The molecule has 2 rings (SSSR count). The highest BCUT2D eigenvalue weighted by atomic mass is 79.9. The van der Waals surface area contributed by atoms with E-state index in [9.17, 15) is 8.42 Å². The first-order chi connectivity index (χ1) is 11.0. The quantitative estimate of drug-likeness (QED) is 0.775. The molecule has 0 fully saturated rings. The number of halogens is 1. The van der Waals surface area contributed by atoms with E-state index >= 15 is 0 Å². The first kappa shape index (κ1) is 17.8. The fraction of sp³-hybridized carbons (Fsp3) is 0.250. The Bertz CT molecular complexity index is 777. The average Bonchev–Trinajstić information content (AvgIpc) is 2.54. The summed E-state index contributed by atoms with van der Waals surface area (Å²) in [6.45, 7) is 2.56. The lowest BCUT2D eigenvalue weighted by Gasteiger charge is -2.12. The van der Waals surface area contributed by atoms with Crippen molar-refractivity contribution in [2.75, 3.05) is 13.7 Å². The van der Waals surface area contributed by atoms with Crippen molar-refractivity contribution in [2.24, 2.45) is 0 Å². The van der Waals surface area contributed by atoms with E-state index in [1.807, 2.05) is 31.2 Å². The number of rotatable bonds is 7. The summed E-state index contributed by atoms with van der Waals surface area (Å²) < 4.78 is 38.6. The van der Waals surface area contributed by atoms with Crippen LogP contribution in [0.25, 0.3) is 0 Å². The summed E-state index contributed by atoms with van der Waals surface area (Å²) in [4.78, 5) is 0.166. The van der Waals surface area contributed by atoms with Gasteiger partial charge < -0.3 is 9.47 Å². The number of para-hydroxylation sites is 1. The zero-order valence-corrected chi connectivity index (χ0v) is 15.3. The van der Waals surface area contributed by atoms with Crippen molar-refractivity contribution >= 4 is 26.0 Å². The van der Waals surface area contributed by atoms with Crippen molar-refractivity contribution in [3.05, 3.63) is 52.5 Å². The van der Waals surface area contributed by atoms with Crippen molar-refractivity contribution < 1.29 is 17.9 Å². The number of hydrogen-bond acceptors (Lipinski definition) is 4. The molecule has 0 atom stereocenters. The number of methoxy groups -OCH3 is 1. The van der Waals surface area contributed by atoms with Gasteiger partial charge in [0.05, 0.1) is 23.1 Å². The second-order valence-electron chi connectivity index (χ2n) is 4.66. The minimum atomic E-state index is -3.63. The lowest BCUT2D eigenvalue weighted by Crippen LogP contribution is -2.23. The lowest BCUT2D eigenvalue weighted by atomic mass is 10.2. The molecule has 2 aromatic rings. The molecule has 0 spiro atoms. The third-order valence-electron chi connectivity index (χ3n) is 3.16. The van der Waals surface area contributed by atoms with Gasteiger partial charge in [0.2, 0.25) is 10.0 Å². The maximum atomic E-state index is 12.4. The van der Waals surface area contributed by atoms with Crippen LogP contribution in [0.3, 0.4) is 0 Å². The maximum Gasteiger partial charge on any atom is 0.240 e. The van der Waals surface area contributed by atoms with Crippen LogP contribution in [0.2, 0.25) is 0 Å². The number of nitrogens with one attached hydrogen (secondary N) is 1. The highest BCUT2D eigenvalue weighted by Crippen LogP contribution is 2.27. The molecule has 0 amide bonds. The van der Waals surface area contributed by atoms with E-state index in [4.69, 9.17) is 9.47 Å². The Morgan fingerprint density at radius 2 is 1.87 bits per heavy atom. The van der Waals surface area contributed by atoms with E-state index in [1.165, 1.54) is 19.2 Å². The molecule has 0 bridgehead atoms. The van der Waals surface area contributed by atoms with Crippen molar-refractivity contribution in [3.63, 3.8) is 0 Å². The predicted octanol–water partition coefficient (Wildman–Crippen LogP) is 3.33. The van der Waals surface area contributed by atoms with Crippen LogP contribution < -0.4 is 14.2 Å². The molecule has 0 saturated carbocycles. The Morgan fingerprint density at radius 3 is 2.52 bits per heavy atom. The lowest BCUT2D eigenvalue weighted by molar-refractivity contribution is 0.336. The zero-order chi connectivity index (χ0) is 16.9. The number of benzene rings is 2. The second-order valence-corrected chi connectivity index (χ2v) is 7.28. The largest absolute Gasteiger partial charge is 0.496 e. The molecular formula is C16H18BrNO4S. The van der Waals surface area contributed by atoms with Gasteiger partial charge in [-0.3, -0.25) is 0 Å². The summed E-state index contributed by atoms with van der Waals surface area (Å²) in [6.07, 6.45) is 0. The molecule has 0 radical (unpaired) electrons. The van der Waals surface area contributed by atoms with Crippen LogP contribution in [0.15, 0.2) is 51.8 Å².